The summed E-state index contributed by atoms with van der Waals surface area (Å²) in [6, 6.07) is 77.7. The number of nitrogens with zero attached hydrogens (tertiary/aromatic N) is 4. The fourth-order valence-electron chi connectivity index (χ4n) is 12.2. The Morgan fingerprint density at radius 2 is 1.11 bits per heavy atom. The molecule has 0 radical (unpaired) electrons. The van der Waals surface area contributed by atoms with E-state index in [0.29, 0.717) is 23.6 Å². The molecule has 70 heavy (non-hydrogen) atoms. The van der Waals surface area contributed by atoms with Gasteiger partial charge in [-0.2, -0.15) is 0 Å². The Morgan fingerprint density at radius 3 is 1.90 bits per heavy atom. The summed E-state index contributed by atoms with van der Waals surface area (Å²) in [7, 11) is 0. The smallest absolute Gasteiger partial charge is 0.160 e. The fraction of sp³-hybridized carbons (Fsp3) is 0.106. The highest BCUT2D eigenvalue weighted by Gasteiger charge is 2.55. The van der Waals surface area contributed by atoms with Crippen molar-refractivity contribution in [1.82, 2.24) is 19.5 Å². The Labute approximate surface area is 407 Å². The van der Waals surface area contributed by atoms with E-state index in [1.54, 1.807) is 0 Å². The molecule has 0 bridgehead atoms. The van der Waals surface area contributed by atoms with Gasteiger partial charge in [0.25, 0.3) is 0 Å². The minimum atomic E-state index is 0.445. The van der Waals surface area contributed by atoms with Gasteiger partial charge in [-0.1, -0.05) is 177 Å². The van der Waals surface area contributed by atoms with Crippen LogP contribution in [-0.2, 0) is 12.8 Å². The van der Waals surface area contributed by atoms with Crippen molar-refractivity contribution in [3.05, 3.63) is 241 Å². The molecule has 1 fully saturated rings. The lowest BCUT2D eigenvalue weighted by atomic mass is 9.82. The lowest BCUT2D eigenvalue weighted by molar-refractivity contribution is 0.682. The van der Waals surface area contributed by atoms with Crippen molar-refractivity contribution in [1.29, 1.82) is 0 Å². The van der Waals surface area contributed by atoms with E-state index in [4.69, 9.17) is 15.0 Å². The van der Waals surface area contributed by atoms with Crippen LogP contribution in [0.4, 0.5) is 0 Å². The van der Waals surface area contributed by atoms with Crippen LogP contribution in [0.3, 0.4) is 0 Å². The van der Waals surface area contributed by atoms with E-state index in [0.717, 1.165) is 58.6 Å². The van der Waals surface area contributed by atoms with E-state index in [1.807, 2.05) is 12.3 Å². The van der Waals surface area contributed by atoms with Gasteiger partial charge in [0.15, 0.2) is 5.82 Å². The zero-order chi connectivity index (χ0) is 46.3. The molecule has 4 heteroatoms. The topological polar surface area (TPSA) is 43.6 Å². The molecule has 1 saturated carbocycles. The molecule has 4 nitrogen and oxygen atoms in total. The number of hydrogen-bond donors (Lipinski definition) is 0. The zero-order valence-electron chi connectivity index (χ0n) is 38.9. The molecule has 3 unspecified atom stereocenters. The number of hydrogen-bond acceptors (Lipinski definition) is 3. The summed E-state index contributed by atoms with van der Waals surface area (Å²) in [6.45, 7) is 2.24. The van der Waals surface area contributed by atoms with Crippen LogP contribution in [0.15, 0.2) is 219 Å². The van der Waals surface area contributed by atoms with Gasteiger partial charge in [-0.15, -0.1) is 0 Å². The van der Waals surface area contributed by atoms with E-state index in [1.165, 1.54) is 82.4 Å². The van der Waals surface area contributed by atoms with Crippen LogP contribution >= 0.6 is 0 Å². The Kier molecular flexibility index (Phi) is 9.48. The first-order chi connectivity index (χ1) is 34.7. The van der Waals surface area contributed by atoms with Gasteiger partial charge >= 0.3 is 0 Å². The number of aryl methyl sites for hydroxylation is 1. The summed E-state index contributed by atoms with van der Waals surface area (Å²) < 4.78 is 2.54. The first-order valence-electron chi connectivity index (χ1n) is 24.8. The van der Waals surface area contributed by atoms with Crippen LogP contribution in [0.1, 0.15) is 47.6 Å². The molecule has 0 amide bonds. The maximum absolute atomic E-state index is 5.61. The predicted molar refractivity (Wildman–Crippen MR) is 289 cm³/mol. The van der Waals surface area contributed by atoms with Crippen molar-refractivity contribution >= 4 is 43.4 Å². The molecule has 12 aromatic rings. The molecule has 3 heterocycles. The number of para-hydroxylation sites is 1. The number of rotatable bonds is 9. The summed E-state index contributed by atoms with van der Waals surface area (Å²) in [6.07, 6.45) is 4.79. The standard InChI is InChI=1S/C66H48N4/c1-2-49-64(44-20-7-4-8-21-44)68-66(45-30-28-42(29-31-45)41-17-5-3-6-18-41)69-65(49)58-38-48(37-46-22-10-11-24-50(46)58)70-59-27-14-13-26-52(59)55-39-56-57(40-60(55)70)63-54(35-33-47-23-15-16-36-67-47)62(63)53-34-32-43-19-9-12-25-51(43)61(53)56/h3-32,34,36-40,54,62-63H,2,33,35H2,1H3. The monoisotopic (exact) mass is 896 g/mol. The number of aromatic nitrogens is 4. The normalized spacial score (nSPS) is 15.8. The molecule has 3 aromatic heterocycles. The molecule has 0 aliphatic heterocycles. The van der Waals surface area contributed by atoms with Gasteiger partial charge < -0.3 is 4.57 Å². The van der Waals surface area contributed by atoms with E-state index in [9.17, 15) is 0 Å². The quantitative estimate of drug-likeness (QED) is 0.145. The van der Waals surface area contributed by atoms with Gasteiger partial charge in [-0.3, -0.25) is 4.98 Å². The number of fused-ring (bicyclic) bond motifs is 12. The maximum Gasteiger partial charge on any atom is 0.160 e. The van der Waals surface area contributed by atoms with E-state index in [-0.39, 0.29) is 0 Å². The third kappa shape index (κ3) is 6.54. The summed E-state index contributed by atoms with van der Waals surface area (Å²) in [5, 5.41) is 7.51. The summed E-state index contributed by atoms with van der Waals surface area (Å²) in [5.41, 5.74) is 19.1. The molecule has 3 atom stereocenters. The van der Waals surface area contributed by atoms with Crippen molar-refractivity contribution < 1.29 is 0 Å². The lowest BCUT2D eigenvalue weighted by Crippen LogP contribution is -2.04. The highest BCUT2D eigenvalue weighted by molar-refractivity contribution is 6.13. The van der Waals surface area contributed by atoms with E-state index in [2.05, 4.69) is 218 Å². The lowest BCUT2D eigenvalue weighted by Gasteiger charge is -2.22. The minimum absolute atomic E-state index is 0.445. The number of benzene rings is 9. The van der Waals surface area contributed by atoms with Gasteiger partial charge in [0, 0.05) is 50.6 Å². The van der Waals surface area contributed by atoms with Crippen LogP contribution in [-0.4, -0.2) is 19.5 Å². The molecule has 2 aliphatic carbocycles. The average Bonchev–Trinajstić information content (AvgIpc) is 4.08. The third-order valence-corrected chi connectivity index (χ3v) is 15.4. The van der Waals surface area contributed by atoms with Crippen LogP contribution < -0.4 is 0 Å². The van der Waals surface area contributed by atoms with Crippen LogP contribution in [0.2, 0.25) is 0 Å². The molecule has 9 aromatic carbocycles. The molecule has 0 spiro atoms. The minimum Gasteiger partial charge on any atom is -0.309 e. The predicted octanol–water partition coefficient (Wildman–Crippen LogP) is 16.6. The molecule has 2 aliphatic rings. The second kappa shape index (κ2) is 16.4. The zero-order valence-corrected chi connectivity index (χ0v) is 38.9. The van der Waals surface area contributed by atoms with Gasteiger partial charge in [0.05, 0.1) is 22.4 Å². The van der Waals surface area contributed by atoms with Crippen LogP contribution in [0.5, 0.6) is 0 Å². The summed E-state index contributed by atoms with van der Waals surface area (Å²) >= 11 is 0. The molecule has 0 N–H and O–H groups in total. The highest BCUT2D eigenvalue weighted by Crippen LogP contribution is 2.69. The van der Waals surface area contributed by atoms with Gasteiger partial charge in [0.1, 0.15) is 0 Å². The van der Waals surface area contributed by atoms with Crippen molar-refractivity contribution in [3.63, 3.8) is 0 Å². The molecule has 332 valence electrons. The Balaban J connectivity index is 0.989. The maximum atomic E-state index is 5.61. The first kappa shape index (κ1) is 40.6. The van der Waals surface area contributed by atoms with E-state index < -0.39 is 0 Å². The largest absolute Gasteiger partial charge is 0.309 e. The number of pyridine rings is 1. The third-order valence-electron chi connectivity index (χ3n) is 15.4. The highest BCUT2D eigenvalue weighted by atomic mass is 15.0. The molecular formula is C66H48N4. The van der Waals surface area contributed by atoms with Crippen LogP contribution in [0.25, 0.3) is 105 Å². The Bertz CT molecular complexity index is 3990. The molecule has 0 saturated heterocycles. The van der Waals surface area contributed by atoms with Gasteiger partial charge in [-0.25, -0.2) is 9.97 Å². The second-order valence-electron chi connectivity index (χ2n) is 19.2. The van der Waals surface area contributed by atoms with Crippen LogP contribution in [0, 0.1) is 5.92 Å². The molecule has 14 rings (SSSR count). The Morgan fingerprint density at radius 1 is 0.457 bits per heavy atom. The van der Waals surface area contributed by atoms with Crippen molar-refractivity contribution in [2.45, 2.75) is 38.0 Å². The SMILES string of the molecule is CCc1c(-c2ccccc2)nc(-c2ccc(-c3ccccc3)cc2)nc1-c1cc(-n2c3ccccc3c3cc4c(cc32)C2C(CCc3ccccn3)C2c2ccc3ccccc3c2-4)cc2ccccc12. The van der Waals surface area contributed by atoms with Crippen molar-refractivity contribution in [3.8, 4) is 61.8 Å². The van der Waals surface area contributed by atoms with Gasteiger partial charge in [0.2, 0.25) is 0 Å². The summed E-state index contributed by atoms with van der Waals surface area (Å²) in [4.78, 5) is 15.8. The first-order valence-corrected chi connectivity index (χ1v) is 24.8. The fourth-order valence-corrected chi connectivity index (χ4v) is 12.2. The Hall–Kier alpha value is -8.47. The van der Waals surface area contributed by atoms with Gasteiger partial charge in [-0.05, 0) is 134 Å². The average molecular weight is 897 g/mol. The summed E-state index contributed by atoms with van der Waals surface area (Å²) in [5.74, 6) is 2.18. The van der Waals surface area contributed by atoms with Crippen molar-refractivity contribution in [2.75, 3.05) is 0 Å². The molecular weight excluding hydrogens is 849 g/mol. The van der Waals surface area contributed by atoms with E-state index >= 15 is 0 Å². The van der Waals surface area contributed by atoms with Crippen molar-refractivity contribution in [2.24, 2.45) is 5.92 Å². The second-order valence-corrected chi connectivity index (χ2v) is 19.2.